The van der Waals surface area contributed by atoms with Gasteiger partial charge in [0.1, 0.15) is 5.78 Å². The first-order valence-corrected chi connectivity index (χ1v) is 7.08. The van der Waals surface area contributed by atoms with Crippen molar-refractivity contribution < 1.29 is 4.79 Å². The first-order valence-electron chi connectivity index (χ1n) is 5.50. The van der Waals surface area contributed by atoms with Crippen LogP contribution in [0.15, 0.2) is 51.5 Å². The van der Waals surface area contributed by atoms with E-state index in [4.69, 9.17) is 0 Å². The van der Waals surface area contributed by atoms with Gasteiger partial charge in [0.2, 0.25) is 0 Å². The SMILES string of the molecule is O=C(Cc1cccc(Br)c1)Cc1ccc(Br)cn1. The van der Waals surface area contributed by atoms with Crippen LogP contribution in [0.1, 0.15) is 11.3 Å². The van der Waals surface area contributed by atoms with Crippen LogP contribution in [-0.4, -0.2) is 10.8 Å². The lowest BCUT2D eigenvalue weighted by Crippen LogP contribution is -2.07. The number of rotatable bonds is 4. The van der Waals surface area contributed by atoms with E-state index < -0.39 is 0 Å². The third-order valence-corrected chi connectivity index (χ3v) is 3.42. The maximum absolute atomic E-state index is 11.9. The molecule has 18 heavy (non-hydrogen) atoms. The van der Waals surface area contributed by atoms with Crippen LogP contribution in [0.4, 0.5) is 0 Å². The monoisotopic (exact) mass is 367 g/mol. The fraction of sp³-hybridized carbons (Fsp3) is 0.143. The topological polar surface area (TPSA) is 30.0 Å². The van der Waals surface area contributed by atoms with Crippen molar-refractivity contribution in [1.29, 1.82) is 0 Å². The number of halogens is 2. The van der Waals surface area contributed by atoms with E-state index in [9.17, 15) is 4.79 Å². The van der Waals surface area contributed by atoms with Gasteiger partial charge >= 0.3 is 0 Å². The minimum absolute atomic E-state index is 0.169. The molecule has 2 nitrogen and oxygen atoms in total. The predicted molar refractivity (Wildman–Crippen MR) is 78.5 cm³/mol. The molecule has 0 bridgehead atoms. The van der Waals surface area contributed by atoms with Crippen molar-refractivity contribution in [3.8, 4) is 0 Å². The van der Waals surface area contributed by atoms with Crippen molar-refractivity contribution in [2.24, 2.45) is 0 Å². The largest absolute Gasteiger partial charge is 0.299 e. The molecule has 0 radical (unpaired) electrons. The van der Waals surface area contributed by atoms with Crippen molar-refractivity contribution >= 4 is 37.6 Å². The standard InChI is InChI=1S/C14H11Br2NO/c15-11-3-1-2-10(6-11)7-14(18)8-13-5-4-12(16)9-17-13/h1-6,9H,7-8H2. The lowest BCUT2D eigenvalue weighted by molar-refractivity contribution is -0.117. The third-order valence-electron chi connectivity index (χ3n) is 2.46. The highest BCUT2D eigenvalue weighted by Gasteiger charge is 2.06. The van der Waals surface area contributed by atoms with E-state index in [0.717, 1.165) is 20.2 Å². The molecule has 0 unspecified atom stereocenters. The number of benzene rings is 1. The second-order valence-corrected chi connectivity index (χ2v) is 5.82. The predicted octanol–water partition coefficient (Wildman–Crippen LogP) is 3.96. The van der Waals surface area contributed by atoms with Crippen molar-refractivity contribution in [1.82, 2.24) is 4.98 Å². The summed E-state index contributed by atoms with van der Waals surface area (Å²) in [6, 6.07) is 11.6. The molecule has 1 aromatic carbocycles. The molecule has 0 saturated carbocycles. The number of ketones is 1. The summed E-state index contributed by atoms with van der Waals surface area (Å²) in [5, 5.41) is 0. The van der Waals surface area contributed by atoms with E-state index in [1.54, 1.807) is 6.20 Å². The van der Waals surface area contributed by atoms with E-state index >= 15 is 0 Å². The molecule has 0 N–H and O–H groups in total. The van der Waals surface area contributed by atoms with Crippen LogP contribution >= 0.6 is 31.9 Å². The molecule has 0 fully saturated rings. The Bertz CT molecular complexity index is 552. The smallest absolute Gasteiger partial charge is 0.143 e. The number of Topliss-reactive ketones (excluding diaryl/α,β-unsaturated/α-hetero) is 1. The number of carbonyl (C=O) groups is 1. The van der Waals surface area contributed by atoms with E-state index in [1.807, 2.05) is 36.4 Å². The van der Waals surface area contributed by atoms with Gasteiger partial charge in [-0.15, -0.1) is 0 Å². The Morgan fingerprint density at radius 2 is 1.89 bits per heavy atom. The molecule has 0 aliphatic carbocycles. The Kier molecular flexibility index (Phi) is 4.66. The van der Waals surface area contributed by atoms with E-state index in [1.165, 1.54) is 0 Å². The molecule has 2 rings (SSSR count). The Morgan fingerprint density at radius 1 is 1.06 bits per heavy atom. The number of nitrogens with zero attached hydrogens (tertiary/aromatic N) is 1. The second-order valence-electron chi connectivity index (χ2n) is 3.99. The van der Waals surface area contributed by atoms with E-state index in [0.29, 0.717) is 12.8 Å². The maximum Gasteiger partial charge on any atom is 0.143 e. The third kappa shape index (κ3) is 4.03. The van der Waals surface area contributed by atoms with Gasteiger partial charge in [0.25, 0.3) is 0 Å². The summed E-state index contributed by atoms with van der Waals surface area (Å²) < 4.78 is 1.92. The highest BCUT2D eigenvalue weighted by atomic mass is 79.9. The normalized spacial score (nSPS) is 10.3. The van der Waals surface area contributed by atoms with Gasteiger partial charge in [-0.3, -0.25) is 9.78 Å². The molecule has 1 aromatic heterocycles. The fourth-order valence-corrected chi connectivity index (χ4v) is 2.33. The summed E-state index contributed by atoms with van der Waals surface area (Å²) in [4.78, 5) is 16.1. The summed E-state index contributed by atoms with van der Waals surface area (Å²) in [6.45, 7) is 0. The summed E-state index contributed by atoms with van der Waals surface area (Å²) >= 11 is 6.72. The Hall–Kier alpha value is -1.00. The van der Waals surface area contributed by atoms with Gasteiger partial charge in [0.05, 0.1) is 0 Å². The van der Waals surface area contributed by atoms with Gasteiger partial charge in [0.15, 0.2) is 0 Å². The van der Waals surface area contributed by atoms with E-state index in [2.05, 4.69) is 36.8 Å². The van der Waals surface area contributed by atoms with Crippen LogP contribution < -0.4 is 0 Å². The molecule has 0 aliphatic heterocycles. The van der Waals surface area contributed by atoms with Crippen molar-refractivity contribution in [3.05, 3.63) is 62.8 Å². The quantitative estimate of drug-likeness (QED) is 0.817. The average Bonchev–Trinajstić information content (AvgIpc) is 2.32. The molecular weight excluding hydrogens is 358 g/mol. The molecule has 0 saturated heterocycles. The molecule has 4 heteroatoms. The zero-order chi connectivity index (χ0) is 13.0. The first kappa shape index (κ1) is 13.4. The fourth-order valence-electron chi connectivity index (χ4n) is 1.65. The van der Waals surface area contributed by atoms with Crippen molar-refractivity contribution in [2.75, 3.05) is 0 Å². The molecule has 0 spiro atoms. The van der Waals surface area contributed by atoms with Gasteiger partial charge in [-0.05, 0) is 45.8 Å². The highest BCUT2D eigenvalue weighted by Crippen LogP contribution is 2.13. The number of pyridine rings is 1. The van der Waals surface area contributed by atoms with Crippen LogP contribution in [0.25, 0.3) is 0 Å². The molecule has 92 valence electrons. The van der Waals surface area contributed by atoms with Gasteiger partial charge in [-0.2, -0.15) is 0 Å². The van der Waals surface area contributed by atoms with Gasteiger partial charge in [0, 0.05) is 33.7 Å². The van der Waals surface area contributed by atoms with Gasteiger partial charge < -0.3 is 0 Å². The van der Waals surface area contributed by atoms with E-state index in [-0.39, 0.29) is 5.78 Å². The van der Waals surface area contributed by atoms with Crippen LogP contribution in [-0.2, 0) is 17.6 Å². The lowest BCUT2D eigenvalue weighted by Gasteiger charge is -2.02. The first-order chi connectivity index (χ1) is 8.63. The van der Waals surface area contributed by atoms with Crippen LogP contribution in [0.2, 0.25) is 0 Å². The second kappa shape index (κ2) is 6.25. The van der Waals surface area contributed by atoms with Gasteiger partial charge in [-0.1, -0.05) is 28.1 Å². The van der Waals surface area contributed by atoms with Gasteiger partial charge in [-0.25, -0.2) is 0 Å². The van der Waals surface area contributed by atoms with Crippen LogP contribution in [0, 0.1) is 0 Å². The molecular formula is C14H11Br2NO. The van der Waals surface area contributed by atoms with Crippen molar-refractivity contribution in [2.45, 2.75) is 12.8 Å². The summed E-state index contributed by atoms with van der Waals surface area (Å²) in [5.41, 5.74) is 1.82. The van der Waals surface area contributed by atoms with Crippen LogP contribution in [0.5, 0.6) is 0 Å². The molecule has 2 aromatic rings. The lowest BCUT2D eigenvalue weighted by atomic mass is 10.1. The number of aromatic nitrogens is 1. The molecule has 1 heterocycles. The number of hydrogen-bond donors (Lipinski definition) is 0. The number of carbonyl (C=O) groups excluding carboxylic acids is 1. The molecule has 0 atom stereocenters. The minimum atomic E-state index is 0.169. The Balaban J connectivity index is 1.98. The molecule has 0 aliphatic rings. The van der Waals surface area contributed by atoms with Crippen molar-refractivity contribution in [3.63, 3.8) is 0 Å². The molecule has 0 amide bonds. The van der Waals surface area contributed by atoms with Crippen LogP contribution in [0.3, 0.4) is 0 Å². The summed E-state index contributed by atoms with van der Waals surface area (Å²) in [7, 11) is 0. The highest BCUT2D eigenvalue weighted by molar-refractivity contribution is 9.10. The maximum atomic E-state index is 11.9. The Labute approximate surface area is 123 Å². The summed E-state index contributed by atoms with van der Waals surface area (Å²) in [6.07, 6.45) is 2.53. The summed E-state index contributed by atoms with van der Waals surface area (Å²) in [5.74, 6) is 0.169. The zero-order valence-electron chi connectivity index (χ0n) is 9.57. The average molecular weight is 369 g/mol. The zero-order valence-corrected chi connectivity index (χ0v) is 12.7. The number of hydrogen-bond acceptors (Lipinski definition) is 2. The Morgan fingerprint density at radius 3 is 2.56 bits per heavy atom. The minimum Gasteiger partial charge on any atom is -0.299 e.